The van der Waals surface area contributed by atoms with Crippen LogP contribution in [-0.4, -0.2) is 59.4 Å². The summed E-state index contributed by atoms with van der Waals surface area (Å²) in [5.74, 6) is -2.00. The summed E-state index contributed by atoms with van der Waals surface area (Å²) in [6.45, 7) is -0.307. The number of carbonyl (C=O) groups excluding carboxylic acids is 3. The second-order valence-corrected chi connectivity index (χ2v) is 9.13. The number of halogens is 1. The topological polar surface area (TPSA) is 128 Å². The number of esters is 2. The van der Waals surface area contributed by atoms with Crippen molar-refractivity contribution in [3.8, 4) is 5.75 Å². The molecule has 0 bridgehead atoms. The van der Waals surface area contributed by atoms with E-state index in [2.05, 4.69) is 14.8 Å². The number of sulfonamides is 1. The molecule has 0 aromatic heterocycles. The van der Waals surface area contributed by atoms with E-state index < -0.39 is 34.0 Å². The number of rotatable bonds is 5. The molecule has 0 unspecified atom stereocenters. The van der Waals surface area contributed by atoms with Crippen molar-refractivity contribution in [2.24, 2.45) is 0 Å². The molecule has 1 aliphatic rings. The largest absolute Gasteiger partial charge is 0.476 e. The highest BCUT2D eigenvalue weighted by molar-refractivity contribution is 7.92. The number of hydrogen-bond donors (Lipinski definition) is 1. The van der Waals surface area contributed by atoms with Gasteiger partial charge in [0, 0.05) is 10.7 Å². The predicted octanol–water partition coefficient (Wildman–Crippen LogP) is 2.08. The molecule has 0 saturated heterocycles. The molecule has 0 spiro atoms. The lowest BCUT2D eigenvalue weighted by Gasteiger charge is -2.34. The Labute approximate surface area is 189 Å². The smallest absolute Gasteiger partial charge is 0.337 e. The Morgan fingerprint density at radius 1 is 1.06 bits per heavy atom. The van der Waals surface area contributed by atoms with E-state index in [1.54, 1.807) is 0 Å². The normalized spacial score (nSPS) is 15.2. The summed E-state index contributed by atoms with van der Waals surface area (Å²) in [5.41, 5.74) is 0.320. The summed E-state index contributed by atoms with van der Waals surface area (Å²) in [7, 11) is -1.40. The van der Waals surface area contributed by atoms with Crippen LogP contribution in [0.4, 0.5) is 11.4 Å². The quantitative estimate of drug-likeness (QED) is 0.641. The highest BCUT2D eigenvalue weighted by Gasteiger charge is 2.35. The predicted molar refractivity (Wildman–Crippen MR) is 116 cm³/mol. The number of nitrogens with one attached hydrogen (secondary N) is 1. The SMILES string of the molecule is COC(=O)c1cc(NC(=O)[C@@H]2CN(S(C)(=O)=O)c3cc(Cl)ccc3O2)cc(C(=O)OC)c1. The molecule has 1 heterocycles. The standard InChI is InChI=1S/C20H19ClN2O8S/c1-29-19(25)11-6-12(20(26)30-2)8-14(7-11)22-18(24)17-10-23(32(3,27)28)15-9-13(21)4-5-16(15)31-17/h4-9,17H,10H2,1-3H3,(H,22,24)/t17-/m0/s1. The second-order valence-electron chi connectivity index (χ2n) is 6.78. The monoisotopic (exact) mass is 482 g/mol. The molecule has 1 amide bonds. The highest BCUT2D eigenvalue weighted by Crippen LogP contribution is 2.37. The van der Waals surface area contributed by atoms with E-state index >= 15 is 0 Å². The number of benzene rings is 2. The molecule has 170 valence electrons. The number of ether oxygens (including phenoxy) is 3. The van der Waals surface area contributed by atoms with Crippen LogP contribution in [0.5, 0.6) is 5.75 Å². The van der Waals surface area contributed by atoms with E-state index in [0.717, 1.165) is 10.6 Å². The molecule has 3 rings (SSSR count). The van der Waals surface area contributed by atoms with Gasteiger partial charge in [0.2, 0.25) is 10.0 Å². The molecule has 0 aliphatic carbocycles. The first-order valence-corrected chi connectivity index (χ1v) is 11.3. The Morgan fingerprint density at radius 3 is 2.19 bits per heavy atom. The van der Waals surface area contributed by atoms with Crippen molar-refractivity contribution in [3.05, 3.63) is 52.5 Å². The number of nitrogens with zero attached hydrogens (tertiary/aromatic N) is 1. The van der Waals surface area contributed by atoms with Crippen molar-refractivity contribution in [2.75, 3.05) is 36.6 Å². The van der Waals surface area contributed by atoms with Gasteiger partial charge in [-0.3, -0.25) is 9.10 Å². The zero-order chi connectivity index (χ0) is 23.6. The summed E-state index contributed by atoms with van der Waals surface area (Å²) in [6, 6.07) is 8.26. The van der Waals surface area contributed by atoms with Crippen LogP contribution < -0.4 is 14.4 Å². The molecule has 10 nitrogen and oxygen atoms in total. The van der Waals surface area contributed by atoms with Gasteiger partial charge in [0.15, 0.2) is 6.10 Å². The highest BCUT2D eigenvalue weighted by atomic mass is 35.5. The number of fused-ring (bicyclic) bond motifs is 1. The summed E-state index contributed by atoms with van der Waals surface area (Å²) in [6.07, 6.45) is -0.220. The third-order valence-corrected chi connectivity index (χ3v) is 5.91. The van der Waals surface area contributed by atoms with E-state index in [1.165, 1.54) is 50.6 Å². The Kier molecular flexibility index (Phi) is 6.60. The zero-order valence-electron chi connectivity index (χ0n) is 17.2. The molecule has 2 aromatic rings. The number of carbonyl (C=O) groups is 3. The fourth-order valence-corrected chi connectivity index (χ4v) is 4.14. The molecule has 12 heteroatoms. The Morgan fingerprint density at radius 2 is 1.66 bits per heavy atom. The lowest BCUT2D eigenvalue weighted by atomic mass is 10.1. The van der Waals surface area contributed by atoms with Crippen LogP contribution in [0, 0.1) is 0 Å². The third-order valence-electron chi connectivity index (χ3n) is 4.53. The van der Waals surface area contributed by atoms with Crippen LogP contribution in [0.3, 0.4) is 0 Å². The molecule has 32 heavy (non-hydrogen) atoms. The molecular weight excluding hydrogens is 464 g/mol. The summed E-state index contributed by atoms with van der Waals surface area (Å²) < 4.78 is 40.6. The second kappa shape index (κ2) is 9.05. The van der Waals surface area contributed by atoms with E-state index in [-0.39, 0.29) is 34.8 Å². The summed E-state index contributed by atoms with van der Waals surface area (Å²) in [4.78, 5) is 36.8. The maximum absolute atomic E-state index is 12.9. The Bertz CT molecular complexity index is 1160. The van der Waals surface area contributed by atoms with Gasteiger partial charge in [-0.05, 0) is 36.4 Å². The fourth-order valence-electron chi connectivity index (χ4n) is 3.07. The molecule has 0 fully saturated rings. The van der Waals surface area contributed by atoms with Crippen molar-refractivity contribution in [2.45, 2.75) is 6.10 Å². The van der Waals surface area contributed by atoms with Gasteiger partial charge in [-0.15, -0.1) is 0 Å². The first-order valence-electron chi connectivity index (χ1n) is 9.10. The van der Waals surface area contributed by atoms with Gasteiger partial charge < -0.3 is 19.5 Å². The molecule has 2 aromatic carbocycles. The fraction of sp³-hybridized carbons (Fsp3) is 0.250. The van der Waals surface area contributed by atoms with Crippen molar-refractivity contribution in [1.82, 2.24) is 0 Å². The minimum Gasteiger partial charge on any atom is -0.476 e. The molecule has 0 saturated carbocycles. The van der Waals surface area contributed by atoms with Crippen LogP contribution in [0.15, 0.2) is 36.4 Å². The van der Waals surface area contributed by atoms with E-state index in [9.17, 15) is 22.8 Å². The van der Waals surface area contributed by atoms with Gasteiger partial charge >= 0.3 is 11.9 Å². The zero-order valence-corrected chi connectivity index (χ0v) is 18.8. The first-order chi connectivity index (χ1) is 15.0. The maximum Gasteiger partial charge on any atom is 0.337 e. The Hall–Kier alpha value is -3.31. The third kappa shape index (κ3) is 4.94. The minimum absolute atomic E-state index is 0.00742. The summed E-state index contributed by atoms with van der Waals surface area (Å²) in [5, 5.41) is 2.84. The number of hydrogen-bond acceptors (Lipinski definition) is 8. The van der Waals surface area contributed by atoms with Crippen LogP contribution in [0.25, 0.3) is 0 Å². The van der Waals surface area contributed by atoms with E-state index in [1.807, 2.05) is 0 Å². The molecular formula is C20H19ClN2O8S. The number of amides is 1. The summed E-state index contributed by atoms with van der Waals surface area (Å²) >= 11 is 5.97. The average Bonchev–Trinajstić information content (AvgIpc) is 2.76. The average molecular weight is 483 g/mol. The lowest BCUT2D eigenvalue weighted by Crippen LogP contribution is -2.48. The molecule has 1 atom stereocenters. The van der Waals surface area contributed by atoms with Crippen molar-refractivity contribution >= 4 is 50.8 Å². The molecule has 0 radical (unpaired) electrons. The van der Waals surface area contributed by atoms with Gasteiger partial charge in [-0.25, -0.2) is 18.0 Å². The van der Waals surface area contributed by atoms with Crippen LogP contribution in [0.2, 0.25) is 5.02 Å². The van der Waals surface area contributed by atoms with E-state index in [4.69, 9.17) is 16.3 Å². The van der Waals surface area contributed by atoms with Gasteiger partial charge in [0.1, 0.15) is 5.75 Å². The van der Waals surface area contributed by atoms with Gasteiger partial charge in [-0.1, -0.05) is 11.6 Å². The molecule has 1 N–H and O–H groups in total. The van der Waals surface area contributed by atoms with Gasteiger partial charge in [-0.2, -0.15) is 0 Å². The minimum atomic E-state index is -3.75. The van der Waals surface area contributed by atoms with Crippen LogP contribution in [0.1, 0.15) is 20.7 Å². The number of anilines is 2. The Balaban J connectivity index is 1.92. The maximum atomic E-state index is 12.9. The van der Waals surface area contributed by atoms with Gasteiger partial charge in [0.25, 0.3) is 5.91 Å². The lowest BCUT2D eigenvalue weighted by molar-refractivity contribution is -0.122. The van der Waals surface area contributed by atoms with Crippen LogP contribution >= 0.6 is 11.6 Å². The number of methoxy groups -OCH3 is 2. The van der Waals surface area contributed by atoms with E-state index in [0.29, 0.717) is 5.02 Å². The van der Waals surface area contributed by atoms with Crippen molar-refractivity contribution < 1.29 is 37.0 Å². The van der Waals surface area contributed by atoms with Crippen molar-refractivity contribution in [1.29, 1.82) is 0 Å². The van der Waals surface area contributed by atoms with Crippen molar-refractivity contribution in [3.63, 3.8) is 0 Å². The van der Waals surface area contributed by atoms with Gasteiger partial charge in [0.05, 0.1) is 43.8 Å². The van der Waals surface area contributed by atoms with Crippen LogP contribution in [-0.2, 0) is 24.3 Å². The molecule has 1 aliphatic heterocycles. The first kappa shape index (κ1) is 23.4.